The van der Waals surface area contributed by atoms with Crippen molar-refractivity contribution in [3.8, 4) is 0 Å². The molecule has 3 nitrogen and oxygen atoms in total. The van der Waals surface area contributed by atoms with Crippen molar-refractivity contribution >= 4 is 29.1 Å². The molecule has 96 valence electrons. The number of halogens is 1. The van der Waals surface area contributed by atoms with Crippen molar-refractivity contribution in [1.29, 1.82) is 0 Å². The number of carboxylic acids is 1. The third-order valence-corrected chi connectivity index (χ3v) is 2.80. The summed E-state index contributed by atoms with van der Waals surface area (Å²) in [5.74, 6) is -0.849. The number of carbonyl (C=O) groups is 1. The van der Waals surface area contributed by atoms with Gasteiger partial charge < -0.3 is 10.8 Å². The zero-order chi connectivity index (χ0) is 12.3. The lowest BCUT2D eigenvalue weighted by molar-refractivity contribution is -0.137. The van der Waals surface area contributed by atoms with Crippen LogP contribution in [0, 0.1) is 0 Å². The highest BCUT2D eigenvalue weighted by atomic mass is 35.5. The molecule has 0 spiro atoms. The summed E-state index contributed by atoms with van der Waals surface area (Å²) in [5.41, 5.74) is 6.93. The molecule has 0 aliphatic carbocycles. The van der Waals surface area contributed by atoms with Crippen molar-refractivity contribution in [3.05, 3.63) is 48.0 Å². The molecule has 0 aliphatic heterocycles. The van der Waals surface area contributed by atoms with Crippen LogP contribution in [-0.4, -0.2) is 17.1 Å². The Bertz CT molecular complexity index is 537. The molecule has 0 unspecified atom stereocenters. The SMILES string of the molecule is Cl.N[C@H](CC(=O)O)Cc1cccc2ccccc12. The first-order chi connectivity index (χ1) is 8.16. The molecule has 0 radical (unpaired) electrons. The van der Waals surface area contributed by atoms with Crippen molar-refractivity contribution in [2.75, 3.05) is 0 Å². The highest BCUT2D eigenvalue weighted by Gasteiger charge is 2.10. The van der Waals surface area contributed by atoms with Crippen LogP contribution in [0.25, 0.3) is 10.8 Å². The van der Waals surface area contributed by atoms with E-state index in [1.54, 1.807) is 0 Å². The van der Waals surface area contributed by atoms with Gasteiger partial charge in [-0.1, -0.05) is 42.5 Å². The maximum absolute atomic E-state index is 10.6. The van der Waals surface area contributed by atoms with E-state index in [9.17, 15) is 4.79 Å². The van der Waals surface area contributed by atoms with Gasteiger partial charge in [0.2, 0.25) is 0 Å². The van der Waals surface area contributed by atoms with Gasteiger partial charge in [-0.3, -0.25) is 4.79 Å². The summed E-state index contributed by atoms with van der Waals surface area (Å²) in [7, 11) is 0. The Kier molecular flexibility index (Phi) is 5.13. The van der Waals surface area contributed by atoms with Crippen LogP contribution in [0.1, 0.15) is 12.0 Å². The Hall–Kier alpha value is -1.58. The first-order valence-electron chi connectivity index (χ1n) is 5.61. The molecule has 2 aromatic carbocycles. The maximum Gasteiger partial charge on any atom is 0.304 e. The van der Waals surface area contributed by atoms with Gasteiger partial charge in [0.25, 0.3) is 0 Å². The molecule has 0 saturated carbocycles. The minimum atomic E-state index is -0.849. The molecule has 0 aromatic heterocycles. The van der Waals surface area contributed by atoms with Crippen molar-refractivity contribution in [2.24, 2.45) is 5.73 Å². The molecule has 2 rings (SSSR count). The average molecular weight is 266 g/mol. The number of rotatable bonds is 4. The van der Waals surface area contributed by atoms with Crippen LogP contribution in [0.15, 0.2) is 42.5 Å². The normalized spacial score (nSPS) is 11.8. The predicted octanol–water partition coefficient (Wildman–Crippen LogP) is 2.61. The number of nitrogens with two attached hydrogens (primary N) is 1. The van der Waals surface area contributed by atoms with E-state index in [-0.39, 0.29) is 24.9 Å². The van der Waals surface area contributed by atoms with Gasteiger partial charge in [0.1, 0.15) is 0 Å². The van der Waals surface area contributed by atoms with Gasteiger partial charge in [-0.15, -0.1) is 12.4 Å². The van der Waals surface area contributed by atoms with E-state index in [1.807, 2.05) is 42.5 Å². The molecule has 1 atom stereocenters. The van der Waals surface area contributed by atoms with Gasteiger partial charge in [-0.2, -0.15) is 0 Å². The van der Waals surface area contributed by atoms with Gasteiger partial charge in [0, 0.05) is 6.04 Å². The van der Waals surface area contributed by atoms with Crippen LogP contribution in [0.5, 0.6) is 0 Å². The van der Waals surface area contributed by atoms with Gasteiger partial charge >= 0.3 is 5.97 Å². The quantitative estimate of drug-likeness (QED) is 0.893. The van der Waals surface area contributed by atoms with Crippen LogP contribution in [-0.2, 0) is 11.2 Å². The maximum atomic E-state index is 10.6. The third-order valence-electron chi connectivity index (χ3n) is 2.80. The van der Waals surface area contributed by atoms with Crippen LogP contribution in [0.4, 0.5) is 0 Å². The fourth-order valence-corrected chi connectivity index (χ4v) is 2.05. The summed E-state index contributed by atoms with van der Waals surface area (Å²) >= 11 is 0. The smallest absolute Gasteiger partial charge is 0.304 e. The Balaban J connectivity index is 0.00000162. The molecule has 0 saturated heterocycles. The molecule has 4 heteroatoms. The summed E-state index contributed by atoms with van der Waals surface area (Å²) in [6, 6.07) is 13.7. The third kappa shape index (κ3) is 3.45. The Morgan fingerprint density at radius 2 is 1.83 bits per heavy atom. The molecule has 2 aromatic rings. The van der Waals surface area contributed by atoms with Crippen LogP contribution in [0.3, 0.4) is 0 Å². The Morgan fingerprint density at radius 3 is 2.56 bits per heavy atom. The summed E-state index contributed by atoms with van der Waals surface area (Å²) in [6.07, 6.45) is 0.594. The Morgan fingerprint density at radius 1 is 1.17 bits per heavy atom. The fourth-order valence-electron chi connectivity index (χ4n) is 2.05. The number of hydrogen-bond acceptors (Lipinski definition) is 2. The summed E-state index contributed by atoms with van der Waals surface area (Å²) < 4.78 is 0. The van der Waals surface area contributed by atoms with Crippen molar-refractivity contribution in [1.82, 2.24) is 0 Å². The lowest BCUT2D eigenvalue weighted by Gasteiger charge is -2.11. The lowest BCUT2D eigenvalue weighted by Crippen LogP contribution is -2.26. The molecule has 0 fully saturated rings. The van der Waals surface area contributed by atoms with E-state index < -0.39 is 5.97 Å². The standard InChI is InChI=1S/C14H15NO2.ClH/c15-12(9-14(16)17)8-11-6-3-5-10-4-1-2-7-13(10)11;/h1-7,12H,8-9,15H2,(H,16,17);1H/t12-;/m0./s1. The van der Waals surface area contributed by atoms with E-state index in [0.717, 1.165) is 16.3 Å². The zero-order valence-corrected chi connectivity index (χ0v) is 10.7. The summed E-state index contributed by atoms with van der Waals surface area (Å²) in [4.78, 5) is 10.6. The van der Waals surface area contributed by atoms with Crippen molar-refractivity contribution in [2.45, 2.75) is 18.9 Å². The number of carboxylic acid groups (broad SMARTS) is 1. The summed E-state index contributed by atoms with van der Waals surface area (Å²) in [5, 5.41) is 11.0. The first kappa shape index (κ1) is 14.5. The minimum absolute atomic E-state index is 0. The van der Waals surface area contributed by atoms with E-state index in [1.165, 1.54) is 0 Å². The highest BCUT2D eigenvalue weighted by molar-refractivity contribution is 5.86. The van der Waals surface area contributed by atoms with E-state index in [4.69, 9.17) is 10.8 Å². The topological polar surface area (TPSA) is 63.3 Å². The summed E-state index contributed by atoms with van der Waals surface area (Å²) in [6.45, 7) is 0. The number of benzene rings is 2. The predicted molar refractivity (Wildman–Crippen MR) is 75.1 cm³/mol. The molecule has 0 aliphatic rings. The Labute approximate surface area is 112 Å². The zero-order valence-electron chi connectivity index (χ0n) is 9.87. The molecule has 3 N–H and O–H groups in total. The van der Waals surface area contributed by atoms with E-state index in [0.29, 0.717) is 6.42 Å². The second-order valence-corrected chi connectivity index (χ2v) is 4.20. The van der Waals surface area contributed by atoms with Gasteiger partial charge in [-0.25, -0.2) is 0 Å². The molecular formula is C14H16ClNO2. The van der Waals surface area contributed by atoms with E-state index in [2.05, 4.69) is 0 Å². The second-order valence-electron chi connectivity index (χ2n) is 4.20. The number of aliphatic carboxylic acids is 1. The second kappa shape index (κ2) is 6.38. The highest BCUT2D eigenvalue weighted by Crippen LogP contribution is 2.19. The average Bonchev–Trinajstić information content (AvgIpc) is 2.28. The molecule has 0 bridgehead atoms. The molecule has 0 amide bonds. The molecular weight excluding hydrogens is 250 g/mol. The minimum Gasteiger partial charge on any atom is -0.481 e. The van der Waals surface area contributed by atoms with Gasteiger partial charge in [0.05, 0.1) is 6.42 Å². The van der Waals surface area contributed by atoms with Crippen LogP contribution < -0.4 is 5.73 Å². The fraction of sp³-hybridized carbons (Fsp3) is 0.214. The van der Waals surface area contributed by atoms with E-state index >= 15 is 0 Å². The lowest BCUT2D eigenvalue weighted by atomic mass is 9.98. The van der Waals surface area contributed by atoms with Crippen molar-refractivity contribution < 1.29 is 9.90 Å². The molecule has 0 heterocycles. The van der Waals surface area contributed by atoms with Gasteiger partial charge in [0.15, 0.2) is 0 Å². The largest absolute Gasteiger partial charge is 0.481 e. The monoisotopic (exact) mass is 265 g/mol. The number of hydrogen-bond donors (Lipinski definition) is 2. The van der Waals surface area contributed by atoms with Crippen LogP contribution in [0.2, 0.25) is 0 Å². The van der Waals surface area contributed by atoms with Crippen molar-refractivity contribution in [3.63, 3.8) is 0 Å². The van der Waals surface area contributed by atoms with Gasteiger partial charge in [-0.05, 0) is 22.8 Å². The molecule has 18 heavy (non-hydrogen) atoms. The number of fused-ring (bicyclic) bond motifs is 1. The van der Waals surface area contributed by atoms with Crippen LogP contribution >= 0.6 is 12.4 Å². The first-order valence-corrected chi connectivity index (χ1v) is 5.61.